The molecule has 0 bridgehead atoms. The largest absolute Gasteiger partial charge is 0.456 e. The van der Waals surface area contributed by atoms with Crippen molar-refractivity contribution in [2.45, 2.75) is 11.3 Å². The van der Waals surface area contributed by atoms with Gasteiger partial charge in [-0.3, -0.25) is 4.98 Å². The van der Waals surface area contributed by atoms with E-state index in [0.717, 1.165) is 40.2 Å². The number of allylic oxidation sites excluding steroid dienone is 1. The third-order valence-corrected chi connectivity index (χ3v) is 5.51. The van der Waals surface area contributed by atoms with E-state index in [9.17, 15) is 8.42 Å². The molecular formula is C21H17NO3S. The summed E-state index contributed by atoms with van der Waals surface area (Å²) in [5.41, 5.74) is 3.97. The van der Waals surface area contributed by atoms with Crippen molar-refractivity contribution in [1.82, 2.24) is 4.98 Å². The number of aromatic nitrogens is 1. The Hall–Kier alpha value is -2.92. The minimum atomic E-state index is -3.23. The predicted molar refractivity (Wildman–Crippen MR) is 101 cm³/mol. The lowest BCUT2D eigenvalue weighted by Gasteiger charge is -2.24. The summed E-state index contributed by atoms with van der Waals surface area (Å²) in [5, 5.41) is 0. The highest BCUT2D eigenvalue weighted by Gasteiger charge is 2.22. The van der Waals surface area contributed by atoms with Crippen LogP contribution in [0.1, 0.15) is 16.7 Å². The first-order valence-electron chi connectivity index (χ1n) is 8.22. The average molecular weight is 363 g/mol. The van der Waals surface area contributed by atoms with Gasteiger partial charge in [0.1, 0.15) is 11.5 Å². The second-order valence-electron chi connectivity index (χ2n) is 6.23. The highest BCUT2D eigenvalue weighted by atomic mass is 32.2. The Balaban J connectivity index is 1.85. The second kappa shape index (κ2) is 6.42. The Bertz CT molecular complexity index is 1090. The maximum atomic E-state index is 11.7. The molecule has 4 nitrogen and oxygen atoms in total. The molecule has 0 amide bonds. The zero-order valence-electron chi connectivity index (χ0n) is 14.2. The Kier molecular flexibility index (Phi) is 4.09. The van der Waals surface area contributed by atoms with Gasteiger partial charge in [0.2, 0.25) is 0 Å². The van der Waals surface area contributed by atoms with Gasteiger partial charge >= 0.3 is 0 Å². The SMILES string of the molecule is CS(=O)(=O)c1ccc(C2=C(c3cccnc3)Cc3ccccc3O2)cc1. The van der Waals surface area contributed by atoms with Crippen LogP contribution in [0.25, 0.3) is 11.3 Å². The van der Waals surface area contributed by atoms with Gasteiger partial charge in [-0.05, 0) is 42.0 Å². The lowest BCUT2D eigenvalue weighted by Crippen LogP contribution is -2.09. The van der Waals surface area contributed by atoms with Crippen LogP contribution in [0.15, 0.2) is 78.0 Å². The molecule has 4 rings (SSSR count). The van der Waals surface area contributed by atoms with Gasteiger partial charge in [-0.1, -0.05) is 24.3 Å². The van der Waals surface area contributed by atoms with Crippen LogP contribution in [0.2, 0.25) is 0 Å². The number of fused-ring (bicyclic) bond motifs is 1. The molecule has 2 heterocycles. The smallest absolute Gasteiger partial charge is 0.175 e. The van der Waals surface area contributed by atoms with Crippen molar-refractivity contribution in [2.75, 3.05) is 6.26 Å². The number of para-hydroxylation sites is 1. The number of pyridine rings is 1. The van der Waals surface area contributed by atoms with E-state index in [2.05, 4.69) is 11.1 Å². The molecule has 5 heteroatoms. The van der Waals surface area contributed by atoms with Crippen LogP contribution in [0, 0.1) is 0 Å². The topological polar surface area (TPSA) is 56.3 Å². The van der Waals surface area contributed by atoms with Crippen LogP contribution in [-0.2, 0) is 16.3 Å². The normalized spacial score (nSPS) is 13.9. The van der Waals surface area contributed by atoms with Crippen molar-refractivity contribution >= 4 is 21.2 Å². The maximum Gasteiger partial charge on any atom is 0.175 e. The van der Waals surface area contributed by atoms with Gasteiger partial charge < -0.3 is 4.74 Å². The molecule has 0 radical (unpaired) electrons. The van der Waals surface area contributed by atoms with Gasteiger partial charge in [0.05, 0.1) is 4.90 Å². The summed E-state index contributed by atoms with van der Waals surface area (Å²) in [5.74, 6) is 1.55. The molecule has 1 aliphatic rings. The Morgan fingerprint density at radius 2 is 1.69 bits per heavy atom. The lowest BCUT2D eigenvalue weighted by molar-refractivity contribution is 0.502. The molecule has 0 saturated heterocycles. The van der Waals surface area contributed by atoms with E-state index >= 15 is 0 Å². The zero-order chi connectivity index (χ0) is 18.1. The van der Waals surface area contributed by atoms with Gasteiger partial charge in [-0.2, -0.15) is 0 Å². The first-order valence-corrected chi connectivity index (χ1v) is 10.1. The fraction of sp³-hybridized carbons (Fsp3) is 0.0952. The van der Waals surface area contributed by atoms with Crippen LogP contribution < -0.4 is 4.74 Å². The molecule has 1 aromatic heterocycles. The van der Waals surface area contributed by atoms with Gasteiger partial charge in [-0.15, -0.1) is 0 Å². The number of nitrogens with zero attached hydrogens (tertiary/aromatic N) is 1. The first-order chi connectivity index (χ1) is 12.5. The standard InChI is InChI=1S/C21H17NO3S/c1-26(23,24)18-10-8-15(9-11-18)21-19(17-6-4-12-22-14-17)13-16-5-2-3-7-20(16)25-21/h2-12,14H,13H2,1H3. The molecule has 0 aliphatic carbocycles. The highest BCUT2D eigenvalue weighted by Crippen LogP contribution is 2.38. The van der Waals surface area contributed by atoms with Gasteiger partial charge in [-0.25, -0.2) is 8.42 Å². The second-order valence-corrected chi connectivity index (χ2v) is 8.25. The van der Waals surface area contributed by atoms with E-state index in [-0.39, 0.29) is 0 Å². The van der Waals surface area contributed by atoms with Crippen LogP contribution in [-0.4, -0.2) is 19.7 Å². The van der Waals surface area contributed by atoms with E-state index < -0.39 is 9.84 Å². The van der Waals surface area contributed by atoms with Crippen molar-refractivity contribution < 1.29 is 13.2 Å². The molecule has 0 spiro atoms. The van der Waals surface area contributed by atoms with E-state index in [1.807, 2.05) is 36.5 Å². The summed E-state index contributed by atoms with van der Waals surface area (Å²) in [6.45, 7) is 0. The van der Waals surface area contributed by atoms with Crippen LogP contribution in [0.4, 0.5) is 0 Å². The fourth-order valence-corrected chi connectivity index (χ4v) is 3.68. The molecule has 0 atom stereocenters. The summed E-state index contributed by atoms with van der Waals surface area (Å²) in [7, 11) is -3.23. The number of ether oxygens (including phenoxy) is 1. The third-order valence-electron chi connectivity index (χ3n) is 4.38. The Labute approximate surface area is 152 Å². The van der Waals surface area contributed by atoms with E-state index in [0.29, 0.717) is 4.90 Å². The molecule has 130 valence electrons. The molecule has 0 N–H and O–H groups in total. The lowest BCUT2D eigenvalue weighted by atomic mass is 9.93. The average Bonchev–Trinajstić information content (AvgIpc) is 2.67. The molecule has 3 aromatic rings. The van der Waals surface area contributed by atoms with E-state index in [1.165, 1.54) is 6.26 Å². The predicted octanol–water partition coefficient (Wildman–Crippen LogP) is 3.99. The molecular weight excluding hydrogens is 346 g/mol. The number of benzene rings is 2. The quantitative estimate of drug-likeness (QED) is 0.706. The fourth-order valence-electron chi connectivity index (χ4n) is 3.05. The number of sulfone groups is 1. The van der Waals surface area contributed by atoms with Crippen molar-refractivity contribution in [3.05, 3.63) is 89.7 Å². The monoisotopic (exact) mass is 363 g/mol. The number of hydrogen-bond donors (Lipinski definition) is 0. The molecule has 0 saturated carbocycles. The molecule has 26 heavy (non-hydrogen) atoms. The Morgan fingerprint density at radius 3 is 2.38 bits per heavy atom. The van der Waals surface area contributed by atoms with Gasteiger partial charge in [0, 0.05) is 41.8 Å². The van der Waals surface area contributed by atoms with Gasteiger partial charge in [0.25, 0.3) is 0 Å². The minimum absolute atomic E-state index is 0.293. The maximum absolute atomic E-state index is 11.7. The molecule has 1 aliphatic heterocycles. The van der Waals surface area contributed by atoms with Crippen molar-refractivity contribution in [1.29, 1.82) is 0 Å². The van der Waals surface area contributed by atoms with Gasteiger partial charge in [0.15, 0.2) is 9.84 Å². The van der Waals surface area contributed by atoms with E-state index in [1.54, 1.807) is 30.5 Å². The van der Waals surface area contributed by atoms with Crippen LogP contribution >= 0.6 is 0 Å². The zero-order valence-corrected chi connectivity index (χ0v) is 15.0. The molecule has 0 unspecified atom stereocenters. The number of rotatable bonds is 3. The van der Waals surface area contributed by atoms with Crippen molar-refractivity contribution in [2.24, 2.45) is 0 Å². The van der Waals surface area contributed by atoms with Crippen molar-refractivity contribution in [3.63, 3.8) is 0 Å². The molecule has 2 aromatic carbocycles. The number of hydrogen-bond acceptors (Lipinski definition) is 4. The summed E-state index contributed by atoms with van der Waals surface area (Å²) in [4.78, 5) is 4.51. The third kappa shape index (κ3) is 3.13. The van der Waals surface area contributed by atoms with Crippen LogP contribution in [0.5, 0.6) is 5.75 Å². The molecule has 0 fully saturated rings. The summed E-state index contributed by atoms with van der Waals surface area (Å²) in [6, 6.07) is 18.6. The first kappa shape index (κ1) is 16.5. The Morgan fingerprint density at radius 1 is 0.923 bits per heavy atom. The van der Waals surface area contributed by atoms with E-state index in [4.69, 9.17) is 4.74 Å². The highest BCUT2D eigenvalue weighted by molar-refractivity contribution is 7.90. The minimum Gasteiger partial charge on any atom is -0.456 e. The van der Waals surface area contributed by atoms with Crippen molar-refractivity contribution in [3.8, 4) is 5.75 Å². The summed E-state index contributed by atoms with van der Waals surface area (Å²) >= 11 is 0. The summed E-state index contributed by atoms with van der Waals surface area (Å²) in [6.07, 6.45) is 5.49. The van der Waals surface area contributed by atoms with Crippen LogP contribution in [0.3, 0.4) is 0 Å². The summed E-state index contributed by atoms with van der Waals surface area (Å²) < 4.78 is 29.6.